The van der Waals surface area contributed by atoms with Crippen LogP contribution in [0.2, 0.25) is 0 Å². The van der Waals surface area contributed by atoms with E-state index in [1.165, 1.54) is 54.8 Å². The van der Waals surface area contributed by atoms with Crippen LogP contribution in [0.15, 0.2) is 158 Å². The molecular weight excluding hydrogens is 585 g/mol. The van der Waals surface area contributed by atoms with Gasteiger partial charge in [-0.15, -0.1) is 0 Å². The molecule has 0 unspecified atom stereocenters. The van der Waals surface area contributed by atoms with Crippen molar-refractivity contribution >= 4 is 54.6 Å². The monoisotopic (exact) mass is 610 g/mol. The molecule has 0 saturated heterocycles. The van der Waals surface area contributed by atoms with Crippen molar-refractivity contribution in [2.45, 2.75) is 0 Å². The van der Waals surface area contributed by atoms with Gasteiger partial charge in [-0.2, -0.15) is 0 Å². The molecule has 1 aliphatic rings. The summed E-state index contributed by atoms with van der Waals surface area (Å²) >= 11 is 0. The highest BCUT2D eigenvalue weighted by Gasteiger charge is 2.27. The van der Waals surface area contributed by atoms with Gasteiger partial charge in [0.15, 0.2) is 5.82 Å². The lowest BCUT2D eigenvalue weighted by atomic mass is 9.96. The summed E-state index contributed by atoms with van der Waals surface area (Å²) in [6.45, 7) is 0. The van der Waals surface area contributed by atoms with E-state index in [0.717, 1.165) is 44.9 Å². The molecule has 0 fully saturated rings. The normalized spacial score (nSPS) is 12.2. The molecule has 0 N–H and O–H groups in total. The number of benzene rings is 7. The maximum absolute atomic E-state index is 5.33. The highest BCUT2D eigenvalue weighted by atomic mass is 15.1. The van der Waals surface area contributed by atoms with Crippen molar-refractivity contribution in [2.24, 2.45) is 0 Å². The second-order valence-corrected chi connectivity index (χ2v) is 12.6. The predicted molar refractivity (Wildman–Crippen MR) is 198 cm³/mol. The molecule has 222 valence electrons. The third kappa shape index (κ3) is 3.43. The fraction of sp³-hybridized carbons (Fsp3) is 0. The number of hydrogen-bond acceptors (Lipinski definition) is 2. The van der Waals surface area contributed by atoms with Crippen molar-refractivity contribution in [1.29, 1.82) is 0 Å². The maximum Gasteiger partial charge on any atom is 0.165 e. The van der Waals surface area contributed by atoms with Crippen LogP contribution in [-0.2, 0) is 0 Å². The average molecular weight is 611 g/mol. The Morgan fingerprint density at radius 3 is 1.77 bits per heavy atom. The van der Waals surface area contributed by atoms with Crippen LogP contribution in [0.1, 0.15) is 0 Å². The molecule has 0 bridgehead atoms. The van der Waals surface area contributed by atoms with Gasteiger partial charge >= 0.3 is 0 Å². The van der Waals surface area contributed by atoms with Crippen LogP contribution < -0.4 is 0 Å². The van der Waals surface area contributed by atoms with Crippen LogP contribution in [0.4, 0.5) is 0 Å². The number of aromatic nitrogens is 4. The molecule has 4 heterocycles. The van der Waals surface area contributed by atoms with Gasteiger partial charge in [0.05, 0.1) is 33.1 Å². The smallest absolute Gasteiger partial charge is 0.165 e. The predicted octanol–water partition coefficient (Wildman–Crippen LogP) is 11.1. The van der Waals surface area contributed by atoms with Gasteiger partial charge in [0, 0.05) is 38.4 Å². The van der Waals surface area contributed by atoms with Crippen LogP contribution in [0, 0.1) is 0 Å². The zero-order valence-electron chi connectivity index (χ0n) is 25.8. The number of para-hydroxylation sites is 5. The molecule has 48 heavy (non-hydrogen) atoms. The summed E-state index contributed by atoms with van der Waals surface area (Å²) in [6.07, 6.45) is 0. The Hall–Kier alpha value is -6.52. The number of rotatable bonds is 2. The molecule has 0 spiro atoms. The Bertz CT molecular complexity index is 2950. The second-order valence-electron chi connectivity index (χ2n) is 12.6. The third-order valence-corrected chi connectivity index (χ3v) is 10.0. The number of hydrogen-bond donors (Lipinski definition) is 0. The van der Waals surface area contributed by atoms with Crippen molar-refractivity contribution in [3.8, 4) is 45.0 Å². The lowest BCUT2D eigenvalue weighted by Crippen LogP contribution is -2.02. The second kappa shape index (κ2) is 9.50. The zero-order chi connectivity index (χ0) is 31.3. The molecule has 10 aromatic rings. The molecule has 4 nitrogen and oxygen atoms in total. The summed E-state index contributed by atoms with van der Waals surface area (Å²) in [5.74, 6) is 0.864. The first-order valence-electron chi connectivity index (χ1n) is 16.3. The summed E-state index contributed by atoms with van der Waals surface area (Å²) in [7, 11) is 0. The van der Waals surface area contributed by atoms with E-state index in [0.29, 0.717) is 0 Å². The molecule has 4 heteroatoms. The largest absolute Gasteiger partial charge is 0.309 e. The summed E-state index contributed by atoms with van der Waals surface area (Å²) in [5, 5.41) is 4.92. The molecule has 0 saturated carbocycles. The Balaban J connectivity index is 1.22. The van der Waals surface area contributed by atoms with E-state index in [1.54, 1.807) is 0 Å². The van der Waals surface area contributed by atoms with Crippen LogP contribution in [-0.4, -0.2) is 19.1 Å². The van der Waals surface area contributed by atoms with Crippen molar-refractivity contribution in [2.75, 3.05) is 0 Å². The van der Waals surface area contributed by atoms with E-state index in [4.69, 9.17) is 9.97 Å². The van der Waals surface area contributed by atoms with E-state index < -0.39 is 0 Å². The standard InChI is InChI=1S/C44H26N4/c1-2-11-29(12-3-1)47-39-20-9-6-14-31(39)32-23-21-27(25-40(32)47)28-22-24-33-36-17-10-16-35-30-13-4-5-15-34(30)42-44(48(43(35)36)41(33)26-28)46-38-19-8-7-18-37(38)45-42/h1-26H. The Morgan fingerprint density at radius 1 is 0.375 bits per heavy atom. The summed E-state index contributed by atoms with van der Waals surface area (Å²) in [6, 6.07) is 56.5. The minimum Gasteiger partial charge on any atom is -0.309 e. The summed E-state index contributed by atoms with van der Waals surface area (Å²) in [4.78, 5) is 10.6. The fourth-order valence-electron chi connectivity index (χ4n) is 7.94. The molecule has 3 aromatic heterocycles. The molecule has 7 aromatic carbocycles. The highest BCUT2D eigenvalue weighted by molar-refractivity contribution is 6.17. The summed E-state index contributed by atoms with van der Waals surface area (Å²) in [5.41, 5.74) is 14.3. The number of fused-ring (bicyclic) bond motifs is 12. The topological polar surface area (TPSA) is 35.6 Å². The number of nitrogens with zero attached hydrogens (tertiary/aromatic N) is 4. The summed E-state index contributed by atoms with van der Waals surface area (Å²) < 4.78 is 4.74. The Morgan fingerprint density at radius 2 is 0.958 bits per heavy atom. The van der Waals surface area contributed by atoms with Crippen molar-refractivity contribution in [3.05, 3.63) is 158 Å². The van der Waals surface area contributed by atoms with Crippen molar-refractivity contribution < 1.29 is 0 Å². The SMILES string of the molecule is c1ccc(-n2c3ccccc3c3ccc(-c4ccc5c6cccc7c6n(c5c4)-c4nc5ccccc5nc4-c4ccccc4-7)cc32)cc1. The van der Waals surface area contributed by atoms with E-state index >= 15 is 0 Å². The quantitative estimate of drug-likeness (QED) is 0.195. The lowest BCUT2D eigenvalue weighted by Gasteiger charge is -2.13. The molecule has 0 radical (unpaired) electrons. The third-order valence-electron chi connectivity index (χ3n) is 10.0. The maximum atomic E-state index is 5.33. The van der Waals surface area contributed by atoms with E-state index in [1.807, 2.05) is 12.1 Å². The van der Waals surface area contributed by atoms with Gasteiger partial charge in [0.25, 0.3) is 0 Å². The minimum atomic E-state index is 0.864. The van der Waals surface area contributed by atoms with Crippen LogP contribution in [0.3, 0.4) is 0 Å². The van der Waals surface area contributed by atoms with E-state index in [-0.39, 0.29) is 0 Å². The van der Waals surface area contributed by atoms with Gasteiger partial charge in [0.1, 0.15) is 5.69 Å². The van der Waals surface area contributed by atoms with Crippen LogP contribution >= 0.6 is 0 Å². The average Bonchev–Trinajstić information content (AvgIpc) is 3.63. The first-order valence-corrected chi connectivity index (χ1v) is 16.3. The fourth-order valence-corrected chi connectivity index (χ4v) is 7.94. The van der Waals surface area contributed by atoms with E-state index in [2.05, 4.69) is 155 Å². The minimum absolute atomic E-state index is 0.864. The van der Waals surface area contributed by atoms with Crippen molar-refractivity contribution in [1.82, 2.24) is 19.1 Å². The van der Waals surface area contributed by atoms with Crippen LogP contribution in [0.25, 0.3) is 99.7 Å². The van der Waals surface area contributed by atoms with Gasteiger partial charge < -0.3 is 4.57 Å². The molecule has 0 aliphatic carbocycles. The first-order chi connectivity index (χ1) is 23.8. The van der Waals surface area contributed by atoms with Crippen molar-refractivity contribution in [3.63, 3.8) is 0 Å². The molecule has 0 amide bonds. The molecule has 0 atom stereocenters. The van der Waals surface area contributed by atoms with E-state index in [9.17, 15) is 0 Å². The molecule has 1 aliphatic heterocycles. The Labute approximate surface area is 275 Å². The van der Waals surface area contributed by atoms with Gasteiger partial charge in [-0.05, 0) is 59.2 Å². The first kappa shape index (κ1) is 25.6. The zero-order valence-corrected chi connectivity index (χ0v) is 25.8. The van der Waals surface area contributed by atoms with Gasteiger partial charge in [-0.1, -0.05) is 115 Å². The van der Waals surface area contributed by atoms with Crippen LogP contribution in [0.5, 0.6) is 0 Å². The lowest BCUT2D eigenvalue weighted by molar-refractivity contribution is 1.09. The van der Waals surface area contributed by atoms with Gasteiger partial charge in [-0.3, -0.25) is 4.57 Å². The highest BCUT2D eigenvalue weighted by Crippen LogP contribution is 2.46. The molecule has 11 rings (SSSR count). The van der Waals surface area contributed by atoms with Gasteiger partial charge in [-0.25, -0.2) is 9.97 Å². The van der Waals surface area contributed by atoms with Gasteiger partial charge in [0.2, 0.25) is 0 Å². The molecular formula is C44H26N4. The Kier molecular flexibility index (Phi) is 5.08.